The van der Waals surface area contributed by atoms with Crippen LogP contribution in [-0.2, 0) is 6.54 Å². The van der Waals surface area contributed by atoms with E-state index in [2.05, 4.69) is 18.9 Å². The van der Waals surface area contributed by atoms with Crippen molar-refractivity contribution in [2.75, 3.05) is 13.7 Å². The average molecular weight is 293 g/mol. The van der Waals surface area contributed by atoms with Crippen molar-refractivity contribution in [1.29, 1.82) is 0 Å². The molecule has 0 amide bonds. The Morgan fingerprint density at radius 3 is 2.71 bits per heavy atom. The van der Waals surface area contributed by atoms with Gasteiger partial charge < -0.3 is 10.5 Å². The Bertz CT molecular complexity index is 488. The monoisotopic (exact) mass is 293 g/mol. The first-order valence-electron chi connectivity index (χ1n) is 7.92. The Morgan fingerprint density at radius 1 is 1.52 bits per heavy atom. The molecule has 1 aliphatic carbocycles. The fourth-order valence-corrected chi connectivity index (χ4v) is 3.22. The Hall–Kier alpha value is -1.36. The van der Waals surface area contributed by atoms with Gasteiger partial charge in [0.1, 0.15) is 5.69 Å². The lowest BCUT2D eigenvalue weighted by molar-refractivity contribution is 0.0679. The van der Waals surface area contributed by atoms with Gasteiger partial charge in [-0.15, -0.1) is 0 Å². The summed E-state index contributed by atoms with van der Waals surface area (Å²) in [6.45, 7) is 5.44. The maximum atomic E-state index is 13.2. The van der Waals surface area contributed by atoms with Crippen LogP contribution in [-0.4, -0.2) is 29.2 Å². The van der Waals surface area contributed by atoms with Crippen LogP contribution in [0.2, 0.25) is 0 Å². The zero-order chi connectivity index (χ0) is 15.5. The van der Waals surface area contributed by atoms with Crippen LogP contribution in [0.4, 0.5) is 0 Å². The predicted molar refractivity (Wildman–Crippen MR) is 82.5 cm³/mol. The number of aryl methyl sites for hydroxylation is 1. The van der Waals surface area contributed by atoms with Crippen LogP contribution in [0.1, 0.15) is 56.4 Å². The number of carbonyl (C=O) groups excluding carboxylic acids is 1. The normalized spacial score (nSPS) is 25.8. The molecule has 1 fully saturated rings. The number of ether oxygens (including phenoxy) is 1. The van der Waals surface area contributed by atoms with E-state index in [4.69, 9.17) is 10.5 Å². The first-order chi connectivity index (χ1) is 10.1. The van der Waals surface area contributed by atoms with E-state index in [0.29, 0.717) is 23.9 Å². The third kappa shape index (κ3) is 2.98. The van der Waals surface area contributed by atoms with Crippen molar-refractivity contribution < 1.29 is 9.53 Å². The molecule has 5 nitrogen and oxygen atoms in total. The van der Waals surface area contributed by atoms with Crippen molar-refractivity contribution >= 4 is 5.78 Å². The lowest BCUT2D eigenvalue weighted by Crippen LogP contribution is -2.42. The molecule has 1 heterocycles. The van der Waals surface area contributed by atoms with Crippen molar-refractivity contribution in [3.63, 3.8) is 0 Å². The summed E-state index contributed by atoms with van der Waals surface area (Å²) in [7, 11) is 1.59. The van der Waals surface area contributed by atoms with Gasteiger partial charge in [-0.05, 0) is 38.0 Å². The number of hydrogen-bond donors (Lipinski definition) is 1. The average Bonchev–Trinajstić information content (AvgIpc) is 2.91. The van der Waals surface area contributed by atoms with Crippen LogP contribution >= 0.6 is 0 Å². The Balaban J connectivity index is 2.35. The minimum Gasteiger partial charge on any atom is -0.493 e. The topological polar surface area (TPSA) is 70.1 Å². The van der Waals surface area contributed by atoms with E-state index in [1.165, 1.54) is 0 Å². The van der Waals surface area contributed by atoms with Crippen LogP contribution < -0.4 is 10.5 Å². The van der Waals surface area contributed by atoms with Crippen LogP contribution in [0.25, 0.3) is 0 Å². The zero-order valence-corrected chi connectivity index (χ0v) is 13.4. The molecule has 2 N–H and O–H groups in total. The smallest absolute Gasteiger partial charge is 0.192 e. The van der Waals surface area contributed by atoms with Gasteiger partial charge in [0.2, 0.25) is 0 Å². The molecule has 1 aromatic rings. The summed E-state index contributed by atoms with van der Waals surface area (Å²) >= 11 is 0. The minimum atomic E-state index is -0.439. The van der Waals surface area contributed by atoms with Crippen molar-refractivity contribution in [3.05, 3.63) is 11.9 Å². The molecule has 0 unspecified atom stereocenters. The second-order valence-electron chi connectivity index (χ2n) is 6.28. The fourth-order valence-electron chi connectivity index (χ4n) is 3.22. The summed E-state index contributed by atoms with van der Waals surface area (Å²) in [6.07, 6.45) is 6.42. The van der Waals surface area contributed by atoms with Gasteiger partial charge >= 0.3 is 0 Å². The maximum Gasteiger partial charge on any atom is 0.192 e. The van der Waals surface area contributed by atoms with E-state index in [9.17, 15) is 4.79 Å². The third-order valence-corrected chi connectivity index (χ3v) is 4.78. The molecule has 0 aromatic carbocycles. The van der Waals surface area contributed by atoms with Gasteiger partial charge in [-0.2, -0.15) is 5.10 Å². The lowest BCUT2D eigenvalue weighted by atomic mass is 9.67. The molecule has 0 spiro atoms. The Labute approximate surface area is 126 Å². The van der Waals surface area contributed by atoms with Gasteiger partial charge in [-0.3, -0.25) is 9.48 Å². The highest BCUT2D eigenvalue weighted by Gasteiger charge is 2.42. The lowest BCUT2D eigenvalue weighted by Gasteiger charge is -2.37. The van der Waals surface area contributed by atoms with Gasteiger partial charge in [-0.1, -0.05) is 13.8 Å². The number of ketones is 1. The van der Waals surface area contributed by atoms with Gasteiger partial charge in [0.05, 0.1) is 13.3 Å². The molecule has 1 aliphatic rings. The highest BCUT2D eigenvalue weighted by molar-refractivity contribution is 6.01. The fraction of sp³-hybridized carbons (Fsp3) is 0.750. The molecular formula is C16H27N3O2. The van der Waals surface area contributed by atoms with Crippen molar-refractivity contribution in [3.8, 4) is 5.75 Å². The maximum absolute atomic E-state index is 13.2. The van der Waals surface area contributed by atoms with Gasteiger partial charge in [0.25, 0.3) is 0 Å². The van der Waals surface area contributed by atoms with E-state index in [-0.39, 0.29) is 5.78 Å². The second kappa shape index (κ2) is 6.60. The van der Waals surface area contributed by atoms with Crippen molar-refractivity contribution in [2.45, 2.75) is 52.5 Å². The van der Waals surface area contributed by atoms with Gasteiger partial charge in [-0.25, -0.2) is 0 Å². The summed E-state index contributed by atoms with van der Waals surface area (Å²) in [5, 5.41) is 4.30. The number of nitrogens with two attached hydrogens (primary N) is 1. The van der Waals surface area contributed by atoms with E-state index in [1.807, 2.05) is 0 Å². The molecule has 2 rings (SSSR count). The number of nitrogens with zero attached hydrogens (tertiary/aromatic N) is 2. The van der Waals surface area contributed by atoms with Gasteiger partial charge in [0.15, 0.2) is 11.5 Å². The van der Waals surface area contributed by atoms with Gasteiger partial charge in [0, 0.05) is 18.5 Å². The third-order valence-electron chi connectivity index (χ3n) is 4.78. The SMILES string of the molecule is CCCn1ncc(OC)c1C(=O)C1(CN)CCC(C)CC1. The standard InChI is InChI=1S/C16H27N3O2/c1-4-9-19-14(13(21-3)10-18-19)15(20)16(11-17)7-5-12(2)6-8-16/h10,12H,4-9,11,17H2,1-3H3. The largest absolute Gasteiger partial charge is 0.493 e. The number of carbonyl (C=O) groups is 1. The molecule has 0 atom stereocenters. The van der Waals surface area contributed by atoms with Crippen LogP contribution in [0, 0.1) is 11.3 Å². The Morgan fingerprint density at radius 2 is 2.19 bits per heavy atom. The van der Waals surface area contributed by atoms with Crippen molar-refractivity contribution in [2.24, 2.45) is 17.1 Å². The molecule has 0 bridgehead atoms. The number of Topliss-reactive ketones (excluding diaryl/α,β-unsaturated/α-hetero) is 1. The molecule has 21 heavy (non-hydrogen) atoms. The first kappa shape index (κ1) is 16.0. The van der Waals surface area contributed by atoms with E-state index in [1.54, 1.807) is 18.0 Å². The molecular weight excluding hydrogens is 266 g/mol. The zero-order valence-electron chi connectivity index (χ0n) is 13.4. The number of rotatable bonds is 6. The summed E-state index contributed by atoms with van der Waals surface area (Å²) in [5.74, 6) is 1.36. The molecule has 0 aliphatic heterocycles. The Kier molecular flexibility index (Phi) is 5.04. The second-order valence-corrected chi connectivity index (χ2v) is 6.28. The summed E-state index contributed by atoms with van der Waals surface area (Å²) < 4.78 is 7.12. The summed E-state index contributed by atoms with van der Waals surface area (Å²) in [4.78, 5) is 13.2. The molecule has 5 heteroatoms. The van der Waals surface area contributed by atoms with Crippen LogP contribution in [0.3, 0.4) is 0 Å². The molecule has 0 saturated heterocycles. The number of aromatic nitrogens is 2. The highest BCUT2D eigenvalue weighted by Crippen LogP contribution is 2.41. The first-order valence-corrected chi connectivity index (χ1v) is 7.92. The summed E-state index contributed by atoms with van der Waals surface area (Å²) in [5.41, 5.74) is 6.17. The minimum absolute atomic E-state index is 0.111. The van der Waals surface area contributed by atoms with E-state index < -0.39 is 5.41 Å². The van der Waals surface area contributed by atoms with Crippen LogP contribution in [0.15, 0.2) is 6.20 Å². The predicted octanol–water partition coefficient (Wildman–Crippen LogP) is 2.64. The quantitative estimate of drug-likeness (QED) is 0.819. The number of hydrogen-bond acceptors (Lipinski definition) is 4. The molecule has 1 aromatic heterocycles. The molecule has 0 radical (unpaired) electrons. The molecule has 118 valence electrons. The van der Waals surface area contributed by atoms with Crippen LogP contribution in [0.5, 0.6) is 5.75 Å². The summed E-state index contributed by atoms with van der Waals surface area (Å²) in [6, 6.07) is 0. The highest BCUT2D eigenvalue weighted by atomic mass is 16.5. The van der Waals surface area contributed by atoms with E-state index in [0.717, 1.165) is 38.6 Å². The van der Waals surface area contributed by atoms with E-state index >= 15 is 0 Å². The molecule has 1 saturated carbocycles. The number of methoxy groups -OCH3 is 1. The van der Waals surface area contributed by atoms with Crippen molar-refractivity contribution in [1.82, 2.24) is 9.78 Å².